The summed E-state index contributed by atoms with van der Waals surface area (Å²) >= 11 is 12.5. The first-order valence-corrected chi connectivity index (χ1v) is 11.8. The van der Waals surface area contributed by atoms with E-state index in [-0.39, 0.29) is 28.0 Å². The van der Waals surface area contributed by atoms with Gasteiger partial charge in [-0.25, -0.2) is 0 Å². The molecule has 2 heterocycles. The molecule has 0 spiro atoms. The van der Waals surface area contributed by atoms with Gasteiger partial charge in [0, 0.05) is 12.0 Å². The van der Waals surface area contributed by atoms with E-state index in [9.17, 15) is 18.8 Å². The van der Waals surface area contributed by atoms with E-state index in [2.05, 4.69) is 10.1 Å². The summed E-state index contributed by atoms with van der Waals surface area (Å²) in [4.78, 5) is 12.8. The first kappa shape index (κ1) is 24.8. The molecule has 1 aromatic carbocycles. The Balaban J connectivity index is 1.65. The molecule has 11 heteroatoms. The summed E-state index contributed by atoms with van der Waals surface area (Å²) in [5.74, 6) is -0.0405. The number of nitrogens with zero attached hydrogens (tertiary/aromatic N) is 1. The number of esters is 1. The van der Waals surface area contributed by atoms with E-state index in [1.807, 2.05) is 0 Å². The highest BCUT2D eigenvalue weighted by Gasteiger charge is 2.30. The molecule has 34 heavy (non-hydrogen) atoms. The molecule has 1 saturated carbocycles. The van der Waals surface area contributed by atoms with Crippen molar-refractivity contribution in [2.75, 3.05) is 13.2 Å². The van der Waals surface area contributed by atoms with Gasteiger partial charge in [-0.15, -0.1) is 0 Å². The maximum atomic E-state index is 12.9. The fourth-order valence-corrected chi connectivity index (χ4v) is 4.37. The van der Waals surface area contributed by atoms with Crippen molar-refractivity contribution in [3.8, 4) is 11.5 Å². The fourth-order valence-electron chi connectivity index (χ4n) is 3.77. The van der Waals surface area contributed by atoms with Crippen LogP contribution in [0.4, 0.5) is 8.78 Å². The molecule has 7 nitrogen and oxygen atoms in total. The lowest BCUT2D eigenvalue weighted by atomic mass is 10.0. The van der Waals surface area contributed by atoms with Gasteiger partial charge in [0.1, 0.15) is 22.2 Å². The van der Waals surface area contributed by atoms with Gasteiger partial charge in [0.05, 0.1) is 6.61 Å². The number of halogens is 4. The monoisotopic (exact) mass is 516 g/mol. The van der Waals surface area contributed by atoms with Gasteiger partial charge in [0.15, 0.2) is 23.9 Å². The average Bonchev–Trinajstić information content (AvgIpc) is 3.44. The summed E-state index contributed by atoms with van der Waals surface area (Å²) in [7, 11) is 0. The van der Waals surface area contributed by atoms with Gasteiger partial charge in [-0.2, -0.15) is 13.5 Å². The SMILES string of the molecule is O=C(O[C@@H](Cc1c(Cl)c[n+]([O-])cc1Cl)c1ccc(OC(F)F)c(OCC2CC2)c1)[C@H]1CCCN1. The zero-order valence-corrected chi connectivity index (χ0v) is 19.7. The van der Waals surface area contributed by atoms with Crippen molar-refractivity contribution in [2.24, 2.45) is 5.92 Å². The topological polar surface area (TPSA) is 83.7 Å². The normalized spacial score (nSPS) is 18.7. The minimum absolute atomic E-state index is 0.0636. The van der Waals surface area contributed by atoms with Gasteiger partial charge in [0.25, 0.3) is 0 Å². The first-order valence-electron chi connectivity index (χ1n) is 11.0. The van der Waals surface area contributed by atoms with Crippen LogP contribution in [-0.4, -0.2) is 31.8 Å². The minimum Gasteiger partial charge on any atom is -0.619 e. The van der Waals surface area contributed by atoms with Crippen molar-refractivity contribution < 1.29 is 32.5 Å². The number of ether oxygens (including phenoxy) is 3. The molecule has 0 unspecified atom stereocenters. The van der Waals surface area contributed by atoms with Crippen LogP contribution in [-0.2, 0) is 16.0 Å². The smallest absolute Gasteiger partial charge is 0.387 e. The van der Waals surface area contributed by atoms with E-state index in [0.717, 1.165) is 31.7 Å². The van der Waals surface area contributed by atoms with E-state index in [1.165, 1.54) is 18.2 Å². The van der Waals surface area contributed by atoms with E-state index < -0.39 is 24.7 Å². The molecule has 184 valence electrons. The Morgan fingerprint density at radius 1 is 1.18 bits per heavy atom. The Morgan fingerprint density at radius 3 is 2.53 bits per heavy atom. The van der Waals surface area contributed by atoms with Crippen molar-refractivity contribution >= 4 is 29.2 Å². The highest BCUT2D eigenvalue weighted by molar-refractivity contribution is 6.35. The van der Waals surface area contributed by atoms with Crippen molar-refractivity contribution in [1.82, 2.24) is 5.32 Å². The molecular formula is C23H24Cl2F2N2O5. The number of alkyl halides is 2. The van der Waals surface area contributed by atoms with Crippen LogP contribution in [0, 0.1) is 11.1 Å². The van der Waals surface area contributed by atoms with Gasteiger partial charge in [-0.05, 0) is 55.8 Å². The Hall–Kier alpha value is -2.36. The van der Waals surface area contributed by atoms with Crippen LogP contribution >= 0.6 is 23.2 Å². The van der Waals surface area contributed by atoms with Gasteiger partial charge in [-0.1, -0.05) is 29.3 Å². The number of hydrogen-bond acceptors (Lipinski definition) is 6. The lowest BCUT2D eigenvalue weighted by Gasteiger charge is -2.23. The Labute approximate surface area is 205 Å². The highest BCUT2D eigenvalue weighted by atomic mass is 35.5. The Bertz CT molecular complexity index is 1010. The van der Waals surface area contributed by atoms with E-state index >= 15 is 0 Å². The standard InChI is InChI=1S/C23H24Cl2F2N2O5/c24-16-10-29(31)11-17(25)15(16)9-20(33-22(30)18-2-1-7-28-18)14-5-6-19(34-23(26)27)21(8-14)32-12-13-3-4-13/h5-6,8,10-11,13,18,20,23,28H,1-4,7,9,12H2/t18-,20+/m1/s1. The van der Waals surface area contributed by atoms with Crippen LogP contribution in [0.2, 0.25) is 10.0 Å². The zero-order valence-electron chi connectivity index (χ0n) is 18.1. The third-order valence-electron chi connectivity index (χ3n) is 5.78. The molecule has 2 aromatic rings. The number of pyridine rings is 1. The van der Waals surface area contributed by atoms with Gasteiger partial charge >= 0.3 is 12.6 Å². The number of benzene rings is 1. The molecule has 2 aliphatic rings. The Morgan fingerprint density at radius 2 is 1.91 bits per heavy atom. The number of nitrogens with one attached hydrogen (secondary N) is 1. The summed E-state index contributed by atoms with van der Waals surface area (Å²) in [6, 6.07) is 3.97. The lowest BCUT2D eigenvalue weighted by molar-refractivity contribution is -0.605. The molecule has 2 fully saturated rings. The molecule has 1 aliphatic carbocycles. The van der Waals surface area contributed by atoms with Crippen LogP contribution in [0.5, 0.6) is 11.5 Å². The van der Waals surface area contributed by atoms with Crippen LogP contribution in [0.25, 0.3) is 0 Å². The lowest BCUT2D eigenvalue weighted by Crippen LogP contribution is -2.33. The van der Waals surface area contributed by atoms with Gasteiger partial charge in [-0.3, -0.25) is 4.79 Å². The largest absolute Gasteiger partial charge is 0.619 e. The van der Waals surface area contributed by atoms with Crippen molar-refractivity contribution in [1.29, 1.82) is 0 Å². The third-order valence-corrected chi connectivity index (χ3v) is 6.43. The van der Waals surface area contributed by atoms with Crippen LogP contribution in [0.3, 0.4) is 0 Å². The summed E-state index contributed by atoms with van der Waals surface area (Å²) in [5.41, 5.74) is 0.908. The molecule has 1 aromatic heterocycles. The predicted molar refractivity (Wildman–Crippen MR) is 120 cm³/mol. The number of hydrogen-bond donors (Lipinski definition) is 1. The maximum Gasteiger partial charge on any atom is 0.387 e. The molecule has 0 bridgehead atoms. The molecule has 1 aliphatic heterocycles. The predicted octanol–water partition coefficient (Wildman–Crippen LogP) is 4.60. The quantitative estimate of drug-likeness (QED) is 0.282. The Kier molecular flexibility index (Phi) is 7.95. The second-order valence-corrected chi connectivity index (χ2v) is 9.22. The fraction of sp³-hybridized carbons (Fsp3) is 0.478. The summed E-state index contributed by atoms with van der Waals surface area (Å²) < 4.78 is 42.5. The molecule has 4 rings (SSSR count). The molecule has 0 radical (unpaired) electrons. The molecule has 1 saturated heterocycles. The number of carbonyl (C=O) groups excluding carboxylic acids is 1. The summed E-state index contributed by atoms with van der Waals surface area (Å²) in [6.07, 6.45) is 5.04. The molecule has 0 amide bonds. The van der Waals surface area contributed by atoms with Crippen molar-refractivity contribution in [3.05, 3.63) is 57.0 Å². The van der Waals surface area contributed by atoms with Crippen molar-refractivity contribution in [2.45, 2.75) is 50.9 Å². The summed E-state index contributed by atoms with van der Waals surface area (Å²) in [5, 5.41) is 15.0. The highest BCUT2D eigenvalue weighted by Crippen LogP contribution is 2.38. The van der Waals surface area contributed by atoms with Gasteiger partial charge < -0.3 is 24.7 Å². The molecular weight excluding hydrogens is 493 g/mol. The van der Waals surface area contributed by atoms with E-state index in [0.29, 0.717) is 41.3 Å². The summed E-state index contributed by atoms with van der Waals surface area (Å²) in [6.45, 7) is -1.93. The van der Waals surface area contributed by atoms with Crippen LogP contribution in [0.15, 0.2) is 30.6 Å². The molecule has 1 N–H and O–H groups in total. The molecule has 2 atom stereocenters. The van der Waals surface area contributed by atoms with Crippen LogP contribution < -0.4 is 19.5 Å². The van der Waals surface area contributed by atoms with E-state index in [1.54, 1.807) is 0 Å². The second-order valence-electron chi connectivity index (χ2n) is 8.41. The number of rotatable bonds is 10. The zero-order chi connectivity index (χ0) is 24.2. The average molecular weight is 517 g/mol. The second kappa shape index (κ2) is 10.9. The number of carbonyl (C=O) groups is 1. The first-order chi connectivity index (χ1) is 16.3. The number of aromatic nitrogens is 1. The van der Waals surface area contributed by atoms with Crippen LogP contribution in [0.1, 0.15) is 42.9 Å². The minimum atomic E-state index is -3.02. The maximum absolute atomic E-state index is 12.9. The third kappa shape index (κ3) is 6.40. The van der Waals surface area contributed by atoms with E-state index in [4.69, 9.17) is 32.7 Å². The van der Waals surface area contributed by atoms with Crippen molar-refractivity contribution in [3.63, 3.8) is 0 Å². The van der Waals surface area contributed by atoms with Gasteiger partial charge in [0.2, 0.25) is 0 Å².